The van der Waals surface area contributed by atoms with E-state index in [4.69, 9.17) is 0 Å². The number of rotatable bonds is 7. The van der Waals surface area contributed by atoms with Gasteiger partial charge in [-0.25, -0.2) is 4.39 Å². The van der Waals surface area contributed by atoms with Gasteiger partial charge in [-0.1, -0.05) is 37.3 Å². The quantitative estimate of drug-likeness (QED) is 0.671. The fraction of sp³-hybridized carbons (Fsp3) is 0.273. The summed E-state index contributed by atoms with van der Waals surface area (Å²) >= 11 is 0. The summed E-state index contributed by atoms with van der Waals surface area (Å²) in [5.74, 6) is -0.140. The third-order valence-corrected chi connectivity index (χ3v) is 4.58. The van der Waals surface area contributed by atoms with Crippen molar-refractivity contribution in [1.82, 2.24) is 10.3 Å². The zero-order chi connectivity index (χ0) is 19.2. The molecule has 27 heavy (non-hydrogen) atoms. The van der Waals surface area contributed by atoms with Gasteiger partial charge in [0, 0.05) is 18.5 Å². The fourth-order valence-electron chi connectivity index (χ4n) is 3.12. The second kappa shape index (κ2) is 8.62. The molecule has 0 saturated heterocycles. The monoisotopic (exact) mass is 366 g/mol. The van der Waals surface area contributed by atoms with Crippen LogP contribution >= 0.6 is 0 Å². The van der Waals surface area contributed by atoms with Crippen molar-refractivity contribution in [3.05, 3.63) is 81.9 Å². The molecule has 0 aliphatic rings. The number of carbonyl (C=O) groups is 1. The molecule has 0 aliphatic carbocycles. The van der Waals surface area contributed by atoms with Crippen LogP contribution in [0.3, 0.4) is 0 Å². The van der Waals surface area contributed by atoms with Crippen molar-refractivity contribution in [1.29, 1.82) is 0 Å². The molecule has 3 rings (SSSR count). The van der Waals surface area contributed by atoms with Gasteiger partial charge in [-0.2, -0.15) is 0 Å². The Hall–Kier alpha value is -2.95. The van der Waals surface area contributed by atoms with Gasteiger partial charge in [0.25, 0.3) is 5.56 Å². The average Bonchev–Trinajstić information content (AvgIpc) is 2.65. The van der Waals surface area contributed by atoms with E-state index in [-0.39, 0.29) is 17.9 Å². The van der Waals surface area contributed by atoms with E-state index in [2.05, 4.69) is 29.4 Å². The maximum absolute atomic E-state index is 13.2. The molecule has 1 unspecified atom stereocenters. The lowest BCUT2D eigenvalue weighted by atomic mass is 10.0. The minimum Gasteiger partial charge on any atom is -0.356 e. The van der Waals surface area contributed by atoms with Crippen molar-refractivity contribution >= 4 is 16.8 Å². The molecule has 0 fully saturated rings. The maximum Gasteiger partial charge on any atom is 0.251 e. The summed E-state index contributed by atoms with van der Waals surface area (Å²) in [6.07, 6.45) is 1.50. The van der Waals surface area contributed by atoms with Crippen LogP contribution in [0.4, 0.5) is 4.39 Å². The molecule has 5 heteroatoms. The molecule has 1 heterocycles. The Kier molecular flexibility index (Phi) is 6.01. The molecule has 1 aromatic heterocycles. The summed E-state index contributed by atoms with van der Waals surface area (Å²) in [5.41, 5.74) is 1.96. The van der Waals surface area contributed by atoms with Crippen molar-refractivity contribution in [2.24, 2.45) is 5.92 Å². The molecule has 0 aliphatic heterocycles. The maximum atomic E-state index is 13.2. The van der Waals surface area contributed by atoms with E-state index in [0.29, 0.717) is 30.0 Å². The molecule has 0 bridgehead atoms. The summed E-state index contributed by atoms with van der Waals surface area (Å²) in [6.45, 7) is 2.70. The molecule has 2 N–H and O–H groups in total. The number of pyridine rings is 1. The number of halogens is 1. The van der Waals surface area contributed by atoms with E-state index in [0.717, 1.165) is 11.8 Å². The summed E-state index contributed by atoms with van der Waals surface area (Å²) in [4.78, 5) is 26.9. The highest BCUT2D eigenvalue weighted by Crippen LogP contribution is 2.13. The number of aryl methyl sites for hydroxylation is 1. The van der Waals surface area contributed by atoms with Crippen LogP contribution in [0.15, 0.2) is 59.4 Å². The van der Waals surface area contributed by atoms with Crippen LogP contribution in [-0.2, 0) is 17.6 Å². The summed E-state index contributed by atoms with van der Waals surface area (Å²) in [5, 5.41) is 3.69. The van der Waals surface area contributed by atoms with Gasteiger partial charge < -0.3 is 10.3 Å². The van der Waals surface area contributed by atoms with E-state index in [1.54, 1.807) is 12.1 Å². The molecular formula is C22H23FN2O2. The van der Waals surface area contributed by atoms with Crippen LogP contribution in [-0.4, -0.2) is 17.4 Å². The second-order valence-electron chi connectivity index (χ2n) is 6.95. The van der Waals surface area contributed by atoms with Crippen molar-refractivity contribution in [3.63, 3.8) is 0 Å². The third kappa shape index (κ3) is 5.26. The number of benzene rings is 2. The molecule has 0 saturated carbocycles. The number of aromatic amines is 1. The molecule has 0 radical (unpaired) electrons. The van der Waals surface area contributed by atoms with Crippen molar-refractivity contribution in [2.75, 3.05) is 6.54 Å². The predicted octanol–water partition coefficient (Wildman–Crippen LogP) is 3.59. The number of hydrogen-bond donors (Lipinski definition) is 2. The molecule has 1 atom stereocenters. The van der Waals surface area contributed by atoms with Gasteiger partial charge in [-0.3, -0.25) is 9.59 Å². The predicted molar refractivity (Wildman–Crippen MR) is 105 cm³/mol. The van der Waals surface area contributed by atoms with Crippen molar-refractivity contribution in [3.8, 4) is 0 Å². The highest BCUT2D eigenvalue weighted by Gasteiger charge is 2.09. The molecule has 4 nitrogen and oxygen atoms in total. The molecule has 140 valence electrons. The first-order valence-electron chi connectivity index (χ1n) is 9.13. The smallest absolute Gasteiger partial charge is 0.251 e. The average molecular weight is 366 g/mol. The minimum atomic E-state index is -0.394. The number of aromatic nitrogens is 1. The van der Waals surface area contributed by atoms with E-state index in [1.165, 1.54) is 17.7 Å². The zero-order valence-corrected chi connectivity index (χ0v) is 15.3. The van der Waals surface area contributed by atoms with E-state index in [9.17, 15) is 14.0 Å². The Labute approximate surface area is 157 Å². The van der Waals surface area contributed by atoms with E-state index in [1.807, 2.05) is 18.2 Å². The van der Waals surface area contributed by atoms with Crippen molar-refractivity contribution < 1.29 is 9.18 Å². The first-order chi connectivity index (χ1) is 13.0. The topological polar surface area (TPSA) is 62.0 Å². The Morgan fingerprint density at radius 1 is 1.15 bits per heavy atom. The van der Waals surface area contributed by atoms with Gasteiger partial charge in [0.1, 0.15) is 5.82 Å². The number of nitrogens with one attached hydrogen (secondary N) is 2. The Bertz CT molecular complexity index is 983. The Balaban J connectivity index is 1.51. The number of H-pyrrole nitrogens is 1. The normalized spacial score (nSPS) is 12.1. The first-order valence-corrected chi connectivity index (χ1v) is 9.13. The lowest BCUT2D eigenvalue weighted by molar-refractivity contribution is -0.121. The molecule has 0 spiro atoms. The van der Waals surface area contributed by atoms with Crippen molar-refractivity contribution in [2.45, 2.75) is 26.2 Å². The SMILES string of the molecule is CC(CNC(=O)CCc1cc2ccc(F)cc2[nH]c1=O)Cc1ccccc1. The van der Waals surface area contributed by atoms with Gasteiger partial charge in [-0.05, 0) is 54.0 Å². The number of amides is 1. The largest absolute Gasteiger partial charge is 0.356 e. The van der Waals surface area contributed by atoms with Gasteiger partial charge in [-0.15, -0.1) is 0 Å². The molecule has 2 aromatic carbocycles. The third-order valence-electron chi connectivity index (χ3n) is 4.58. The van der Waals surface area contributed by atoms with Crippen LogP contribution in [0.1, 0.15) is 24.5 Å². The van der Waals surface area contributed by atoms with Crippen LogP contribution in [0, 0.1) is 11.7 Å². The fourth-order valence-corrected chi connectivity index (χ4v) is 3.12. The Morgan fingerprint density at radius 3 is 2.70 bits per heavy atom. The molecule has 3 aromatic rings. The van der Waals surface area contributed by atoms with Crippen LogP contribution in [0.2, 0.25) is 0 Å². The molecular weight excluding hydrogens is 343 g/mol. The highest BCUT2D eigenvalue weighted by molar-refractivity contribution is 5.79. The second-order valence-corrected chi connectivity index (χ2v) is 6.95. The van der Waals surface area contributed by atoms with Gasteiger partial charge >= 0.3 is 0 Å². The lowest BCUT2D eigenvalue weighted by Gasteiger charge is -2.13. The lowest BCUT2D eigenvalue weighted by Crippen LogP contribution is -2.29. The first kappa shape index (κ1) is 18.8. The summed E-state index contributed by atoms with van der Waals surface area (Å²) < 4.78 is 13.2. The number of fused-ring (bicyclic) bond motifs is 1. The van der Waals surface area contributed by atoms with Gasteiger partial charge in [0.15, 0.2) is 0 Å². The summed E-state index contributed by atoms with van der Waals surface area (Å²) in [6, 6.07) is 16.2. The molecule has 1 amide bonds. The summed E-state index contributed by atoms with van der Waals surface area (Å²) in [7, 11) is 0. The van der Waals surface area contributed by atoms with E-state index >= 15 is 0 Å². The van der Waals surface area contributed by atoms with Crippen LogP contribution < -0.4 is 10.9 Å². The number of carbonyl (C=O) groups excluding carboxylic acids is 1. The van der Waals surface area contributed by atoms with Gasteiger partial charge in [0.2, 0.25) is 5.91 Å². The highest BCUT2D eigenvalue weighted by atomic mass is 19.1. The standard InChI is InChI=1S/C22H23FN2O2/c1-15(11-16-5-3-2-4-6-16)14-24-21(26)10-8-18-12-17-7-9-19(23)13-20(17)25-22(18)27/h2-7,9,12-13,15H,8,10-11,14H2,1H3,(H,24,26)(H,25,27). The number of hydrogen-bond acceptors (Lipinski definition) is 2. The minimum absolute atomic E-state index is 0.0754. The van der Waals surface area contributed by atoms with Crippen LogP contribution in [0.5, 0.6) is 0 Å². The van der Waals surface area contributed by atoms with Crippen LogP contribution in [0.25, 0.3) is 10.9 Å². The zero-order valence-electron chi connectivity index (χ0n) is 15.3. The van der Waals surface area contributed by atoms with E-state index < -0.39 is 5.82 Å². The Morgan fingerprint density at radius 2 is 1.93 bits per heavy atom. The van der Waals surface area contributed by atoms with Gasteiger partial charge in [0.05, 0.1) is 5.52 Å².